The molecule has 1 aromatic heterocycles. The molecule has 0 N–H and O–H groups in total. The van der Waals surface area contributed by atoms with E-state index in [0.29, 0.717) is 24.5 Å². The first kappa shape index (κ1) is 28.4. The molecule has 1 aliphatic rings. The molecule has 2 aromatic carbocycles. The predicted molar refractivity (Wildman–Crippen MR) is 151 cm³/mol. The number of morpholine rings is 1. The van der Waals surface area contributed by atoms with Gasteiger partial charge in [-0.3, -0.25) is 0 Å². The van der Waals surface area contributed by atoms with E-state index in [2.05, 4.69) is 52.4 Å². The summed E-state index contributed by atoms with van der Waals surface area (Å²) < 4.78 is 17.6. The van der Waals surface area contributed by atoms with Gasteiger partial charge >= 0.3 is 0 Å². The molecule has 6 nitrogen and oxygen atoms in total. The molecule has 3 aromatic rings. The fraction of sp³-hybridized carbons (Fsp3) is 0.484. The fourth-order valence-electron chi connectivity index (χ4n) is 4.20. The molecule has 0 atom stereocenters. The zero-order valence-corrected chi connectivity index (χ0v) is 23.4. The predicted octanol–water partition coefficient (Wildman–Crippen LogP) is 7.00. The van der Waals surface area contributed by atoms with Crippen LogP contribution in [0.5, 0.6) is 5.88 Å². The molecule has 1 saturated heterocycles. The van der Waals surface area contributed by atoms with Gasteiger partial charge < -0.3 is 19.1 Å². The summed E-state index contributed by atoms with van der Waals surface area (Å²) in [4.78, 5) is 6.75. The zero-order chi connectivity index (χ0) is 27.1. The molecule has 0 amide bonds. The normalized spacial score (nSPS) is 14.1. The highest BCUT2D eigenvalue weighted by Gasteiger charge is 2.25. The third kappa shape index (κ3) is 7.67. The van der Waals surface area contributed by atoms with Crippen molar-refractivity contribution in [3.05, 3.63) is 54.2 Å². The quantitative estimate of drug-likeness (QED) is 0.346. The number of anilines is 1. The van der Waals surface area contributed by atoms with E-state index in [9.17, 15) is 5.26 Å². The van der Waals surface area contributed by atoms with Crippen LogP contribution >= 0.6 is 0 Å². The summed E-state index contributed by atoms with van der Waals surface area (Å²) in [5, 5.41) is 12.3. The molecule has 1 aliphatic heterocycles. The van der Waals surface area contributed by atoms with Crippen molar-refractivity contribution < 1.29 is 14.2 Å². The number of rotatable bonds is 7. The van der Waals surface area contributed by atoms with Gasteiger partial charge in [-0.25, -0.2) is 4.98 Å². The Balaban J connectivity index is 0.00000186. The Hall–Kier alpha value is -3.14. The molecule has 0 radical (unpaired) electrons. The van der Waals surface area contributed by atoms with Crippen molar-refractivity contribution in [2.45, 2.75) is 66.1 Å². The molecule has 198 valence electrons. The summed E-state index contributed by atoms with van der Waals surface area (Å²) in [6, 6.07) is 17.0. The lowest BCUT2D eigenvalue weighted by Crippen LogP contribution is -2.36. The first-order valence-corrected chi connectivity index (χ1v) is 13.2. The van der Waals surface area contributed by atoms with Crippen LogP contribution in [-0.4, -0.2) is 49.1 Å². The van der Waals surface area contributed by atoms with Crippen LogP contribution in [0.15, 0.2) is 48.7 Å². The fourth-order valence-corrected chi connectivity index (χ4v) is 4.20. The van der Waals surface area contributed by atoms with Gasteiger partial charge in [0.25, 0.3) is 0 Å². The van der Waals surface area contributed by atoms with Crippen molar-refractivity contribution in [1.29, 1.82) is 5.26 Å². The average molecular weight is 504 g/mol. The summed E-state index contributed by atoms with van der Waals surface area (Å²) in [5.74, 6) is 0.355. The van der Waals surface area contributed by atoms with Gasteiger partial charge in [0.15, 0.2) is 0 Å². The van der Waals surface area contributed by atoms with Gasteiger partial charge in [-0.2, -0.15) is 5.26 Å². The minimum absolute atomic E-state index is 0.203. The van der Waals surface area contributed by atoms with Gasteiger partial charge in [-0.05, 0) is 75.2 Å². The molecule has 0 unspecified atom stereocenters. The van der Waals surface area contributed by atoms with Gasteiger partial charge in [0.05, 0.1) is 25.4 Å². The lowest BCUT2D eigenvalue weighted by atomic mass is 9.98. The average Bonchev–Trinajstić information content (AvgIpc) is 2.88. The topological polar surface area (TPSA) is 67.6 Å². The van der Waals surface area contributed by atoms with E-state index >= 15 is 0 Å². The minimum Gasteiger partial charge on any atom is -0.471 e. The van der Waals surface area contributed by atoms with E-state index in [1.807, 2.05) is 54.5 Å². The third-order valence-electron chi connectivity index (χ3n) is 6.15. The van der Waals surface area contributed by atoms with Gasteiger partial charge in [-0.15, -0.1) is 0 Å². The number of pyridine rings is 1. The molecule has 1 fully saturated rings. The maximum atomic E-state index is 10.0. The van der Waals surface area contributed by atoms with Crippen molar-refractivity contribution in [2.75, 3.05) is 37.8 Å². The number of nitrogens with zero attached hydrogens (tertiary/aromatic N) is 3. The number of fused-ring (bicyclic) bond motifs is 1. The second-order valence-electron chi connectivity index (χ2n) is 10.6. The number of ether oxygens (including phenoxy) is 3. The van der Waals surface area contributed by atoms with Crippen LogP contribution in [0.2, 0.25) is 0 Å². The van der Waals surface area contributed by atoms with Crippen molar-refractivity contribution in [3.8, 4) is 23.1 Å². The van der Waals surface area contributed by atoms with Crippen molar-refractivity contribution in [2.24, 2.45) is 0 Å². The smallest absolute Gasteiger partial charge is 0.232 e. The Bertz CT molecular complexity index is 1220. The molecule has 2 heterocycles. The van der Waals surface area contributed by atoms with Crippen LogP contribution in [0, 0.1) is 11.3 Å². The zero-order valence-electron chi connectivity index (χ0n) is 23.4. The number of benzene rings is 2. The molecular formula is C31H41N3O3. The van der Waals surface area contributed by atoms with E-state index in [4.69, 9.17) is 14.2 Å². The van der Waals surface area contributed by atoms with Gasteiger partial charge in [0.2, 0.25) is 5.88 Å². The number of aromatic nitrogens is 1. The Morgan fingerprint density at radius 1 is 0.973 bits per heavy atom. The van der Waals surface area contributed by atoms with E-state index < -0.39 is 5.60 Å². The van der Waals surface area contributed by atoms with E-state index in [1.54, 1.807) is 6.20 Å². The summed E-state index contributed by atoms with van der Waals surface area (Å²) in [7, 11) is 0. The number of hydrogen-bond acceptors (Lipinski definition) is 6. The van der Waals surface area contributed by atoms with Gasteiger partial charge in [-0.1, -0.05) is 32.0 Å². The summed E-state index contributed by atoms with van der Waals surface area (Å²) >= 11 is 0. The Morgan fingerprint density at radius 3 is 2.32 bits per heavy atom. The van der Waals surface area contributed by atoms with E-state index in [-0.39, 0.29) is 5.60 Å². The molecule has 0 bridgehead atoms. The minimum atomic E-state index is -0.526. The Labute approximate surface area is 222 Å². The highest BCUT2D eigenvalue weighted by molar-refractivity contribution is 5.90. The standard InChI is InChI=1S/C29H35N3O3.C2H6/c1-28(2,3)34-15-11-29(4,5)35-27-26(20-30)25(10-12-31-27)23-7-6-22-19-24(9-8-21(22)18-23)32-13-16-33-17-14-32;1-2/h6-10,12,18-19H,11,13-17H2,1-5H3;1-2H3. The molecular weight excluding hydrogens is 462 g/mol. The molecule has 0 aliphatic carbocycles. The highest BCUT2D eigenvalue weighted by atomic mass is 16.5. The highest BCUT2D eigenvalue weighted by Crippen LogP contribution is 2.33. The second kappa shape index (κ2) is 12.4. The van der Waals surface area contributed by atoms with Crippen molar-refractivity contribution in [3.63, 3.8) is 0 Å². The maximum absolute atomic E-state index is 10.0. The first-order chi connectivity index (χ1) is 17.6. The summed E-state index contributed by atoms with van der Waals surface area (Å²) in [6.07, 6.45) is 2.39. The van der Waals surface area contributed by atoms with Crippen molar-refractivity contribution >= 4 is 16.5 Å². The Kier molecular flexibility index (Phi) is 9.53. The number of hydrogen-bond donors (Lipinski definition) is 0. The molecule has 6 heteroatoms. The number of nitriles is 1. The Morgan fingerprint density at radius 2 is 1.65 bits per heavy atom. The summed E-state index contributed by atoms with van der Waals surface area (Å²) in [5.41, 5.74) is 2.71. The second-order valence-corrected chi connectivity index (χ2v) is 10.6. The van der Waals surface area contributed by atoms with Crippen LogP contribution in [-0.2, 0) is 9.47 Å². The van der Waals surface area contributed by atoms with Crippen molar-refractivity contribution in [1.82, 2.24) is 4.98 Å². The van der Waals surface area contributed by atoms with Crippen LogP contribution < -0.4 is 9.64 Å². The third-order valence-corrected chi connectivity index (χ3v) is 6.15. The lowest BCUT2D eigenvalue weighted by Gasteiger charge is -2.29. The monoisotopic (exact) mass is 503 g/mol. The van der Waals surface area contributed by atoms with E-state index in [1.165, 1.54) is 11.1 Å². The molecule has 0 spiro atoms. The van der Waals surface area contributed by atoms with Crippen LogP contribution in [0.3, 0.4) is 0 Å². The van der Waals surface area contributed by atoms with Crippen LogP contribution in [0.4, 0.5) is 5.69 Å². The van der Waals surface area contributed by atoms with Crippen LogP contribution in [0.1, 0.15) is 60.5 Å². The molecule has 4 rings (SSSR count). The van der Waals surface area contributed by atoms with E-state index in [0.717, 1.165) is 42.8 Å². The maximum Gasteiger partial charge on any atom is 0.232 e. The molecule has 0 saturated carbocycles. The SMILES string of the molecule is CC.CC(C)(C)OCCC(C)(C)Oc1nccc(-c2ccc3cc(N4CCOCC4)ccc3c2)c1C#N. The largest absolute Gasteiger partial charge is 0.471 e. The summed E-state index contributed by atoms with van der Waals surface area (Å²) in [6.45, 7) is 18.0. The van der Waals surface area contributed by atoms with Crippen LogP contribution in [0.25, 0.3) is 21.9 Å². The van der Waals surface area contributed by atoms with Gasteiger partial charge in [0, 0.05) is 37.0 Å². The molecule has 37 heavy (non-hydrogen) atoms. The first-order valence-electron chi connectivity index (χ1n) is 13.2. The lowest BCUT2D eigenvalue weighted by molar-refractivity contribution is -0.0300. The van der Waals surface area contributed by atoms with Gasteiger partial charge in [0.1, 0.15) is 17.2 Å².